The molecule has 0 saturated heterocycles. The molecule has 7 heteroatoms. The number of carbonyl (C=O) groups is 2. The maximum Gasteiger partial charge on any atom is 0.336 e. The largest absolute Gasteiger partial charge is 0.515 e. The molecule has 0 fully saturated rings. The van der Waals surface area contributed by atoms with Gasteiger partial charge in [-0.2, -0.15) is 0 Å². The number of fused-ring (bicyclic) bond motifs is 2. The SMILES string of the molecule is O=Cc1c(=O)ccc2c(-c3ccccc3C(=O)O)c3ccc(=O)c(=CO)c3oc12. The van der Waals surface area contributed by atoms with Crippen molar-refractivity contribution in [2.75, 3.05) is 0 Å². The quantitative estimate of drug-likeness (QED) is 0.408. The summed E-state index contributed by atoms with van der Waals surface area (Å²) >= 11 is 0. The number of aliphatic hydroxyl groups excluding tert-OH is 1. The van der Waals surface area contributed by atoms with Gasteiger partial charge in [0.1, 0.15) is 16.7 Å². The van der Waals surface area contributed by atoms with Crippen LogP contribution < -0.4 is 16.1 Å². The van der Waals surface area contributed by atoms with Gasteiger partial charge >= 0.3 is 5.97 Å². The second-order valence-electron chi connectivity index (χ2n) is 6.28. The molecule has 0 saturated carbocycles. The Labute approximate surface area is 161 Å². The summed E-state index contributed by atoms with van der Waals surface area (Å²) in [6.45, 7) is 0. The Balaban J connectivity index is 2.39. The molecule has 0 aliphatic heterocycles. The molecule has 0 aliphatic carbocycles. The zero-order valence-electron chi connectivity index (χ0n) is 14.7. The van der Waals surface area contributed by atoms with E-state index in [0.717, 1.165) is 0 Å². The van der Waals surface area contributed by atoms with Crippen molar-refractivity contribution in [3.63, 3.8) is 0 Å². The first kappa shape index (κ1) is 18.1. The van der Waals surface area contributed by atoms with E-state index in [0.29, 0.717) is 34.4 Å². The van der Waals surface area contributed by atoms with Gasteiger partial charge < -0.3 is 14.6 Å². The van der Waals surface area contributed by atoms with Gasteiger partial charge in [-0.1, -0.05) is 18.2 Å². The van der Waals surface area contributed by atoms with Gasteiger partial charge in [0.05, 0.1) is 17.0 Å². The van der Waals surface area contributed by atoms with E-state index in [4.69, 9.17) is 4.42 Å². The number of benzene rings is 3. The topological polar surface area (TPSA) is 122 Å². The molecule has 3 aromatic carbocycles. The van der Waals surface area contributed by atoms with Gasteiger partial charge in [0.25, 0.3) is 0 Å². The first-order valence-electron chi connectivity index (χ1n) is 8.46. The fourth-order valence-corrected chi connectivity index (χ4v) is 3.44. The van der Waals surface area contributed by atoms with Crippen LogP contribution >= 0.6 is 0 Å². The second kappa shape index (κ2) is 6.72. The fraction of sp³-hybridized carbons (Fsp3) is 0. The zero-order valence-corrected chi connectivity index (χ0v) is 14.7. The molecule has 1 aromatic heterocycles. The van der Waals surface area contributed by atoms with Crippen LogP contribution in [0.1, 0.15) is 20.7 Å². The van der Waals surface area contributed by atoms with Crippen LogP contribution in [-0.2, 0) is 0 Å². The Morgan fingerprint density at radius 2 is 1.55 bits per heavy atom. The molecule has 1 heterocycles. The third-order valence-corrected chi connectivity index (χ3v) is 4.73. The fourth-order valence-electron chi connectivity index (χ4n) is 3.44. The minimum atomic E-state index is -1.17. The molecule has 0 spiro atoms. The van der Waals surface area contributed by atoms with Crippen LogP contribution in [0.2, 0.25) is 0 Å². The van der Waals surface area contributed by atoms with Crippen LogP contribution in [0.5, 0.6) is 0 Å². The molecule has 142 valence electrons. The van der Waals surface area contributed by atoms with Crippen LogP contribution in [0.3, 0.4) is 0 Å². The van der Waals surface area contributed by atoms with Crippen molar-refractivity contribution >= 4 is 40.5 Å². The summed E-state index contributed by atoms with van der Waals surface area (Å²) in [5.41, 5.74) is -0.874. The molecule has 4 aromatic rings. The Kier molecular flexibility index (Phi) is 4.20. The lowest BCUT2D eigenvalue weighted by atomic mass is 9.92. The first-order valence-corrected chi connectivity index (χ1v) is 8.46. The lowest BCUT2D eigenvalue weighted by Crippen LogP contribution is -2.24. The van der Waals surface area contributed by atoms with Gasteiger partial charge in [0, 0.05) is 16.3 Å². The summed E-state index contributed by atoms with van der Waals surface area (Å²) in [7, 11) is 0. The minimum Gasteiger partial charge on any atom is -0.515 e. The van der Waals surface area contributed by atoms with Crippen molar-refractivity contribution in [1.29, 1.82) is 0 Å². The molecule has 0 aliphatic rings. The van der Waals surface area contributed by atoms with Crippen LogP contribution in [-0.4, -0.2) is 22.5 Å². The summed E-state index contributed by atoms with van der Waals surface area (Å²) in [4.78, 5) is 47.7. The van der Waals surface area contributed by atoms with E-state index in [1.165, 1.54) is 30.3 Å². The van der Waals surface area contributed by atoms with Crippen LogP contribution in [0.4, 0.5) is 0 Å². The summed E-state index contributed by atoms with van der Waals surface area (Å²) in [5, 5.41) is 19.7. The lowest BCUT2D eigenvalue weighted by Gasteiger charge is -2.14. The van der Waals surface area contributed by atoms with Gasteiger partial charge in [0.2, 0.25) is 0 Å². The van der Waals surface area contributed by atoms with Crippen molar-refractivity contribution in [1.82, 2.24) is 0 Å². The van der Waals surface area contributed by atoms with Crippen molar-refractivity contribution in [2.24, 2.45) is 0 Å². The van der Waals surface area contributed by atoms with Crippen molar-refractivity contribution in [3.8, 4) is 11.1 Å². The molecule has 0 unspecified atom stereocenters. The van der Waals surface area contributed by atoms with Crippen LogP contribution in [0.25, 0.3) is 39.3 Å². The third-order valence-electron chi connectivity index (χ3n) is 4.73. The maximum atomic E-state index is 12.2. The third kappa shape index (κ3) is 2.68. The Morgan fingerprint density at radius 3 is 2.21 bits per heavy atom. The number of aliphatic hydroxyl groups is 1. The van der Waals surface area contributed by atoms with E-state index in [1.54, 1.807) is 18.2 Å². The van der Waals surface area contributed by atoms with Crippen molar-refractivity contribution in [2.45, 2.75) is 0 Å². The van der Waals surface area contributed by atoms with Crippen molar-refractivity contribution in [3.05, 3.63) is 85.3 Å². The molecule has 29 heavy (non-hydrogen) atoms. The van der Waals surface area contributed by atoms with Crippen LogP contribution in [0.15, 0.2) is 62.5 Å². The minimum absolute atomic E-state index is 0.0131. The summed E-state index contributed by atoms with van der Waals surface area (Å²) in [5.74, 6) is -1.17. The van der Waals surface area contributed by atoms with Gasteiger partial charge in [-0.05, 0) is 35.9 Å². The maximum absolute atomic E-state index is 12.2. The standard InChI is InChI=1S/C22H12O7/c23-9-15-17(25)7-5-13-19(11-3-1-2-4-12(11)22(27)28)14-6-8-18(26)16(10-24)21(14)29-20(13)15/h1-10,23H,(H,27,28). The molecule has 7 nitrogen and oxygen atoms in total. The monoisotopic (exact) mass is 388 g/mol. The summed E-state index contributed by atoms with van der Waals surface area (Å²) in [6.07, 6.45) is 0.921. The predicted octanol–water partition coefficient (Wildman–Crippen LogP) is 2.50. The summed E-state index contributed by atoms with van der Waals surface area (Å²) in [6, 6.07) is 11.5. The zero-order chi connectivity index (χ0) is 20.7. The highest BCUT2D eigenvalue weighted by Gasteiger charge is 2.21. The number of aldehydes is 1. The first-order chi connectivity index (χ1) is 14.0. The molecular weight excluding hydrogens is 376 g/mol. The number of carboxylic acid groups (broad SMARTS) is 1. The average molecular weight is 388 g/mol. The Hall–Kier alpha value is -4.26. The Morgan fingerprint density at radius 1 is 0.897 bits per heavy atom. The summed E-state index contributed by atoms with van der Waals surface area (Å²) < 4.78 is 5.74. The average Bonchev–Trinajstić information content (AvgIpc) is 2.72. The molecular formula is C22H12O7. The molecule has 2 N–H and O–H groups in total. The van der Waals surface area contributed by atoms with Gasteiger partial charge in [-0.15, -0.1) is 0 Å². The molecule has 0 amide bonds. The molecule has 0 atom stereocenters. The highest BCUT2D eigenvalue weighted by atomic mass is 16.4. The number of aromatic carboxylic acids is 1. The molecule has 0 radical (unpaired) electrons. The number of hydrogen-bond acceptors (Lipinski definition) is 6. The highest BCUT2D eigenvalue weighted by molar-refractivity contribution is 6.13. The van der Waals surface area contributed by atoms with Crippen molar-refractivity contribution < 1.29 is 24.2 Å². The van der Waals surface area contributed by atoms with Crippen LogP contribution in [0, 0.1) is 0 Å². The number of carbonyl (C=O) groups excluding carboxylic acids is 1. The van der Waals surface area contributed by atoms with E-state index in [-0.39, 0.29) is 27.5 Å². The number of rotatable bonds is 3. The normalized spacial score (nSPS) is 11.8. The van der Waals surface area contributed by atoms with E-state index < -0.39 is 16.8 Å². The Bertz CT molecular complexity index is 1500. The molecule has 4 rings (SSSR count). The van der Waals surface area contributed by atoms with E-state index in [2.05, 4.69) is 0 Å². The van der Waals surface area contributed by atoms with Gasteiger partial charge in [-0.3, -0.25) is 14.4 Å². The number of hydrogen-bond donors (Lipinski definition) is 2. The van der Waals surface area contributed by atoms with Gasteiger partial charge in [-0.25, -0.2) is 4.79 Å². The highest BCUT2D eigenvalue weighted by Crippen LogP contribution is 2.37. The smallest absolute Gasteiger partial charge is 0.336 e. The predicted molar refractivity (Wildman–Crippen MR) is 106 cm³/mol. The van der Waals surface area contributed by atoms with E-state index in [1.807, 2.05) is 0 Å². The van der Waals surface area contributed by atoms with Gasteiger partial charge in [0.15, 0.2) is 17.1 Å². The van der Waals surface area contributed by atoms with E-state index >= 15 is 0 Å². The number of carboxylic acids is 1. The molecule has 0 bridgehead atoms. The van der Waals surface area contributed by atoms with E-state index in [9.17, 15) is 29.4 Å². The lowest BCUT2D eigenvalue weighted by molar-refractivity contribution is 0.0697. The second-order valence-corrected chi connectivity index (χ2v) is 6.28.